The summed E-state index contributed by atoms with van der Waals surface area (Å²) >= 11 is 0. The molecule has 0 saturated heterocycles. The van der Waals surface area contributed by atoms with Gasteiger partial charge in [0.05, 0.1) is 6.61 Å². The maximum Gasteiger partial charge on any atom is 0.151 e. The number of rotatable bonds is 5. The molecule has 0 aromatic heterocycles. The van der Waals surface area contributed by atoms with Crippen LogP contribution in [0.3, 0.4) is 0 Å². The molecule has 0 fully saturated rings. The summed E-state index contributed by atoms with van der Waals surface area (Å²) < 4.78 is 0. The van der Waals surface area contributed by atoms with E-state index in [1.807, 2.05) is 0 Å². The van der Waals surface area contributed by atoms with Gasteiger partial charge in [-0.2, -0.15) is 0 Å². The van der Waals surface area contributed by atoms with E-state index in [1.54, 1.807) is 0 Å². The normalized spacial score (nSPS) is 19.5. The minimum absolute atomic E-state index is 0. The molecule has 0 aromatic carbocycles. The summed E-state index contributed by atoms with van der Waals surface area (Å²) in [6.45, 7) is -0.760. The highest BCUT2D eigenvalue weighted by molar-refractivity contribution is 5.56. The molecule has 0 spiro atoms. The van der Waals surface area contributed by atoms with Crippen molar-refractivity contribution in [3.63, 3.8) is 0 Å². The number of carbonyl (C=O) groups excluding carboxylic acids is 1. The molecular weight excluding hydrogens is 181 g/mol. The fourth-order valence-corrected chi connectivity index (χ4v) is 0.618. The van der Waals surface area contributed by atoms with Crippen molar-refractivity contribution in [3.05, 3.63) is 7.43 Å². The third-order valence-electron chi connectivity index (χ3n) is 1.42. The molecule has 0 aliphatic rings. The van der Waals surface area contributed by atoms with E-state index in [0.29, 0.717) is 0 Å². The Labute approximate surface area is 76.1 Å². The molecule has 6 heteroatoms. The van der Waals surface area contributed by atoms with Crippen molar-refractivity contribution < 1.29 is 30.3 Å². The van der Waals surface area contributed by atoms with E-state index in [2.05, 4.69) is 0 Å². The van der Waals surface area contributed by atoms with Crippen LogP contribution in [0.5, 0.6) is 0 Å². The third-order valence-corrected chi connectivity index (χ3v) is 1.42. The Bertz CT molecular complexity index is 139. The van der Waals surface area contributed by atoms with Crippen molar-refractivity contribution in [2.24, 2.45) is 0 Å². The van der Waals surface area contributed by atoms with Crippen LogP contribution in [0.25, 0.3) is 0 Å². The number of aldehydes is 1. The Morgan fingerprint density at radius 1 is 1.08 bits per heavy atom. The van der Waals surface area contributed by atoms with Gasteiger partial charge in [0.15, 0.2) is 6.29 Å². The molecule has 0 aliphatic carbocycles. The molecule has 0 aliphatic heterocycles. The first-order chi connectivity index (χ1) is 5.54. The number of aliphatic hydroxyl groups is 5. The number of hydrogen-bond donors (Lipinski definition) is 5. The summed E-state index contributed by atoms with van der Waals surface area (Å²) in [5.41, 5.74) is 0. The van der Waals surface area contributed by atoms with Gasteiger partial charge in [0.1, 0.15) is 24.4 Å². The van der Waals surface area contributed by atoms with Crippen LogP contribution in [-0.4, -0.2) is 62.8 Å². The van der Waals surface area contributed by atoms with Gasteiger partial charge in [-0.05, 0) is 0 Å². The molecule has 0 amide bonds. The Morgan fingerprint density at radius 2 is 1.54 bits per heavy atom. The lowest BCUT2D eigenvalue weighted by atomic mass is 10.1. The zero-order chi connectivity index (χ0) is 9.72. The smallest absolute Gasteiger partial charge is 0.151 e. The Kier molecular flexibility index (Phi) is 7.98. The Morgan fingerprint density at radius 3 is 1.85 bits per heavy atom. The van der Waals surface area contributed by atoms with Gasteiger partial charge in [-0.3, -0.25) is 0 Å². The lowest BCUT2D eigenvalue weighted by molar-refractivity contribution is -0.136. The van der Waals surface area contributed by atoms with E-state index < -0.39 is 31.0 Å². The van der Waals surface area contributed by atoms with Gasteiger partial charge in [-0.15, -0.1) is 0 Å². The van der Waals surface area contributed by atoms with Gasteiger partial charge in [0, 0.05) is 7.43 Å². The third kappa shape index (κ3) is 4.30. The second kappa shape index (κ2) is 6.93. The lowest BCUT2D eigenvalue weighted by Crippen LogP contribution is -2.46. The lowest BCUT2D eigenvalue weighted by Gasteiger charge is -2.22. The van der Waals surface area contributed by atoms with Gasteiger partial charge < -0.3 is 30.3 Å². The molecule has 4 radical (unpaired) electrons. The summed E-state index contributed by atoms with van der Waals surface area (Å²) in [6.07, 6.45) is -6.84. The quantitative estimate of drug-likeness (QED) is 0.230. The molecule has 5 N–H and O–H groups in total. The zero-order valence-corrected chi connectivity index (χ0v) is 6.74. The van der Waals surface area contributed by atoms with Crippen LogP contribution in [0.15, 0.2) is 0 Å². The first-order valence-electron chi connectivity index (χ1n) is 3.33. The average molecular weight is 193 g/mol. The molecule has 0 bridgehead atoms. The summed E-state index contributed by atoms with van der Waals surface area (Å²) in [7, 11) is 0. The van der Waals surface area contributed by atoms with Crippen molar-refractivity contribution in [2.45, 2.75) is 24.4 Å². The highest BCUT2D eigenvalue weighted by Crippen LogP contribution is 2.02. The van der Waals surface area contributed by atoms with Crippen LogP contribution in [-0.2, 0) is 4.79 Å². The zero-order valence-electron chi connectivity index (χ0n) is 6.74. The maximum atomic E-state index is 9.90. The summed E-state index contributed by atoms with van der Waals surface area (Å²) in [5, 5.41) is 43.5. The Balaban J connectivity index is 0. The molecule has 13 heavy (non-hydrogen) atoms. The van der Waals surface area contributed by atoms with Crippen molar-refractivity contribution in [3.8, 4) is 0 Å². The molecule has 6 nitrogen and oxygen atoms in total. The molecule has 4 atom stereocenters. The fourth-order valence-electron chi connectivity index (χ4n) is 0.618. The molecule has 76 valence electrons. The average Bonchev–Trinajstić information content (AvgIpc) is 2.12. The highest BCUT2D eigenvalue weighted by Gasteiger charge is 2.29. The van der Waals surface area contributed by atoms with Crippen molar-refractivity contribution in [2.75, 3.05) is 6.61 Å². The van der Waals surface area contributed by atoms with Gasteiger partial charge in [0.25, 0.3) is 0 Å². The topological polar surface area (TPSA) is 118 Å². The van der Waals surface area contributed by atoms with E-state index in [9.17, 15) is 4.79 Å². The standard InChI is InChI=1S/C6H12O6.C/c7-1-3(9)5(11)6(12)4(10)2-8;/h1,3-6,8-12H,2H2;/t3-,4+,5+,6+;/m0./s1/i1+1;. The van der Waals surface area contributed by atoms with Crippen LogP contribution >= 0.6 is 0 Å². The van der Waals surface area contributed by atoms with Crippen molar-refractivity contribution >= 4 is 6.29 Å². The van der Waals surface area contributed by atoms with Crippen molar-refractivity contribution in [1.29, 1.82) is 0 Å². The molecule has 0 unspecified atom stereocenters. The number of carbonyl (C=O) groups is 1. The fraction of sp³-hybridized carbons (Fsp3) is 0.714. The molecular formula is C7H12O6. The van der Waals surface area contributed by atoms with Crippen LogP contribution in [0, 0.1) is 7.43 Å². The number of aliphatic hydroxyl groups excluding tert-OH is 5. The molecule has 0 heterocycles. The second-order valence-electron chi connectivity index (χ2n) is 2.36. The second-order valence-corrected chi connectivity index (χ2v) is 2.36. The minimum Gasteiger partial charge on any atom is -0.394 e. The largest absolute Gasteiger partial charge is 0.394 e. The van der Waals surface area contributed by atoms with Crippen LogP contribution < -0.4 is 0 Å². The van der Waals surface area contributed by atoms with Crippen LogP contribution in [0.1, 0.15) is 0 Å². The predicted molar refractivity (Wildman–Crippen MR) is 40.4 cm³/mol. The maximum absolute atomic E-state index is 9.90. The van der Waals surface area contributed by atoms with Gasteiger partial charge >= 0.3 is 0 Å². The molecule has 0 saturated carbocycles. The predicted octanol–water partition coefficient (Wildman–Crippen LogP) is -3.30. The molecule has 0 aromatic rings. The number of hydrogen-bond acceptors (Lipinski definition) is 6. The van der Waals surface area contributed by atoms with Gasteiger partial charge in [-0.25, -0.2) is 0 Å². The Hall–Kier alpha value is -0.530. The monoisotopic (exact) mass is 193 g/mol. The van der Waals surface area contributed by atoms with Crippen LogP contribution in [0.2, 0.25) is 0 Å². The minimum atomic E-state index is -1.79. The summed E-state index contributed by atoms with van der Waals surface area (Å²) in [4.78, 5) is 9.90. The SMILES string of the molecule is O=[13CH][C@H](O)[C@@H](O)[C@H](O)[C@H](O)CO.[C]. The first kappa shape index (κ1) is 15.0. The van der Waals surface area contributed by atoms with Crippen LogP contribution in [0.4, 0.5) is 0 Å². The van der Waals surface area contributed by atoms with Gasteiger partial charge in [0.2, 0.25) is 0 Å². The van der Waals surface area contributed by atoms with Crippen molar-refractivity contribution in [1.82, 2.24) is 0 Å². The van der Waals surface area contributed by atoms with E-state index in [4.69, 9.17) is 25.5 Å². The summed E-state index contributed by atoms with van der Waals surface area (Å²) in [6, 6.07) is 0. The molecule has 0 rings (SSSR count). The van der Waals surface area contributed by atoms with E-state index in [-0.39, 0.29) is 13.7 Å². The highest BCUT2D eigenvalue weighted by atomic mass is 16.4. The van der Waals surface area contributed by atoms with E-state index >= 15 is 0 Å². The summed E-state index contributed by atoms with van der Waals surface area (Å²) in [5.74, 6) is 0. The van der Waals surface area contributed by atoms with E-state index in [1.165, 1.54) is 0 Å². The first-order valence-corrected chi connectivity index (χ1v) is 3.33. The van der Waals surface area contributed by atoms with E-state index in [0.717, 1.165) is 0 Å². The van der Waals surface area contributed by atoms with Gasteiger partial charge in [-0.1, -0.05) is 0 Å².